The van der Waals surface area contributed by atoms with E-state index in [0.29, 0.717) is 6.54 Å². The van der Waals surface area contributed by atoms with E-state index in [1.54, 1.807) is 12.4 Å². The van der Waals surface area contributed by atoms with Crippen molar-refractivity contribution in [1.82, 2.24) is 9.97 Å². The van der Waals surface area contributed by atoms with E-state index in [2.05, 4.69) is 33.7 Å². The van der Waals surface area contributed by atoms with Crippen molar-refractivity contribution >= 4 is 11.5 Å². The molecule has 28 heavy (non-hydrogen) atoms. The Morgan fingerprint density at radius 2 is 1.89 bits per heavy atom. The normalized spacial score (nSPS) is 21.6. The van der Waals surface area contributed by atoms with E-state index in [0.717, 1.165) is 41.4 Å². The number of fused-ring (bicyclic) bond motifs is 1. The topological polar surface area (TPSA) is 59.8 Å². The summed E-state index contributed by atoms with van der Waals surface area (Å²) in [6.45, 7) is 9.88. The van der Waals surface area contributed by atoms with E-state index in [1.807, 2.05) is 19.9 Å². The lowest BCUT2D eigenvalue weighted by Crippen LogP contribution is -2.45. The maximum atomic E-state index is 14.3. The number of halogens is 1. The zero-order valence-electron chi connectivity index (χ0n) is 16.6. The van der Waals surface area contributed by atoms with E-state index >= 15 is 0 Å². The van der Waals surface area contributed by atoms with Crippen molar-refractivity contribution in [2.24, 2.45) is 4.99 Å². The highest BCUT2D eigenvalue weighted by Gasteiger charge is 2.26. The van der Waals surface area contributed by atoms with Gasteiger partial charge in [-0.05, 0) is 45.4 Å². The van der Waals surface area contributed by atoms with Crippen LogP contribution in [-0.2, 0) is 11.3 Å². The van der Waals surface area contributed by atoms with Crippen molar-refractivity contribution in [3.8, 4) is 5.75 Å². The molecule has 2 atom stereocenters. The van der Waals surface area contributed by atoms with Crippen molar-refractivity contribution < 1.29 is 13.9 Å². The van der Waals surface area contributed by atoms with Crippen LogP contribution in [0.4, 0.5) is 10.2 Å². The molecule has 0 amide bonds. The van der Waals surface area contributed by atoms with Gasteiger partial charge in [-0.25, -0.2) is 14.4 Å². The summed E-state index contributed by atoms with van der Waals surface area (Å²) in [6.07, 6.45) is 1.74. The predicted molar refractivity (Wildman–Crippen MR) is 106 cm³/mol. The van der Waals surface area contributed by atoms with E-state index in [4.69, 9.17) is 9.47 Å². The van der Waals surface area contributed by atoms with Crippen molar-refractivity contribution in [3.05, 3.63) is 47.2 Å². The molecule has 1 fully saturated rings. The lowest BCUT2D eigenvalue weighted by molar-refractivity contribution is -0.00546. The zero-order chi connectivity index (χ0) is 19.8. The van der Waals surface area contributed by atoms with Gasteiger partial charge in [-0.15, -0.1) is 0 Å². The third-order valence-electron chi connectivity index (χ3n) is 4.82. The molecule has 2 aliphatic heterocycles. The molecule has 1 saturated heterocycles. The average molecular weight is 384 g/mol. The Balaban J connectivity index is 1.65. The van der Waals surface area contributed by atoms with Gasteiger partial charge in [0.05, 0.1) is 36.3 Å². The van der Waals surface area contributed by atoms with Crippen LogP contribution in [0.25, 0.3) is 0 Å². The summed E-state index contributed by atoms with van der Waals surface area (Å²) >= 11 is 0. The van der Waals surface area contributed by atoms with Gasteiger partial charge < -0.3 is 14.4 Å². The van der Waals surface area contributed by atoms with Gasteiger partial charge in [0.25, 0.3) is 0 Å². The molecular formula is C21H25FN4O2. The van der Waals surface area contributed by atoms with E-state index < -0.39 is 0 Å². The monoisotopic (exact) mass is 384 g/mol. The summed E-state index contributed by atoms with van der Waals surface area (Å²) in [7, 11) is 0. The van der Waals surface area contributed by atoms with Crippen LogP contribution in [0.2, 0.25) is 0 Å². The van der Waals surface area contributed by atoms with Gasteiger partial charge in [0.15, 0.2) is 11.6 Å². The second-order valence-electron chi connectivity index (χ2n) is 7.69. The highest BCUT2D eigenvalue weighted by atomic mass is 19.1. The Morgan fingerprint density at radius 1 is 1.14 bits per heavy atom. The summed E-state index contributed by atoms with van der Waals surface area (Å²) in [4.78, 5) is 15.7. The molecule has 0 saturated carbocycles. The highest BCUT2D eigenvalue weighted by Crippen LogP contribution is 2.30. The van der Waals surface area contributed by atoms with Crippen molar-refractivity contribution in [3.63, 3.8) is 0 Å². The average Bonchev–Trinajstić information content (AvgIpc) is 3.03. The molecule has 0 bridgehead atoms. The van der Waals surface area contributed by atoms with Gasteiger partial charge in [0, 0.05) is 24.7 Å². The van der Waals surface area contributed by atoms with Crippen LogP contribution in [0, 0.1) is 5.82 Å². The second-order valence-corrected chi connectivity index (χ2v) is 7.69. The standard InChI is InChI=1S/C21H25FN4O2/c1-12(2)27-19-6-16-15(5-17(19)22)8-23-21(16)18-7-20(25-11-24-18)26-9-13(3)28-14(4)10-26/h5-7,11-14H,8-10H2,1-4H3/t13-,14+. The Morgan fingerprint density at radius 3 is 2.61 bits per heavy atom. The molecule has 4 rings (SSSR count). The number of benzene rings is 1. The highest BCUT2D eigenvalue weighted by molar-refractivity contribution is 6.14. The minimum Gasteiger partial charge on any atom is -0.488 e. The van der Waals surface area contributed by atoms with Gasteiger partial charge in [-0.2, -0.15) is 0 Å². The minimum absolute atomic E-state index is 0.106. The lowest BCUT2D eigenvalue weighted by Gasteiger charge is -2.36. The number of aromatic nitrogens is 2. The number of hydrogen-bond donors (Lipinski definition) is 0. The van der Waals surface area contributed by atoms with Crippen LogP contribution in [0.15, 0.2) is 29.5 Å². The van der Waals surface area contributed by atoms with Crippen LogP contribution in [-0.4, -0.2) is 47.1 Å². The van der Waals surface area contributed by atoms with Gasteiger partial charge in [-0.1, -0.05) is 0 Å². The van der Waals surface area contributed by atoms with E-state index in [1.165, 1.54) is 6.07 Å². The lowest BCUT2D eigenvalue weighted by atomic mass is 10.0. The third-order valence-corrected chi connectivity index (χ3v) is 4.82. The van der Waals surface area contributed by atoms with Crippen LogP contribution >= 0.6 is 0 Å². The molecule has 1 aromatic heterocycles. The third kappa shape index (κ3) is 3.71. The quantitative estimate of drug-likeness (QED) is 0.809. The summed E-state index contributed by atoms with van der Waals surface area (Å²) in [5, 5.41) is 0. The Labute approximate surface area is 164 Å². The summed E-state index contributed by atoms with van der Waals surface area (Å²) < 4.78 is 25.7. The van der Waals surface area contributed by atoms with E-state index in [-0.39, 0.29) is 29.9 Å². The van der Waals surface area contributed by atoms with Gasteiger partial charge in [-0.3, -0.25) is 4.99 Å². The smallest absolute Gasteiger partial charge is 0.165 e. The number of rotatable bonds is 4. The van der Waals surface area contributed by atoms with Gasteiger partial charge >= 0.3 is 0 Å². The summed E-state index contributed by atoms with van der Waals surface area (Å²) in [5.74, 6) is 0.737. The molecule has 0 N–H and O–H groups in total. The van der Waals surface area contributed by atoms with Gasteiger partial charge in [0.1, 0.15) is 12.1 Å². The van der Waals surface area contributed by atoms with Crippen LogP contribution in [0.1, 0.15) is 44.5 Å². The van der Waals surface area contributed by atoms with E-state index in [9.17, 15) is 4.39 Å². The molecule has 6 nitrogen and oxygen atoms in total. The molecule has 0 aliphatic carbocycles. The number of aliphatic imine (C=N–C) groups is 1. The first-order valence-corrected chi connectivity index (χ1v) is 9.67. The number of ether oxygens (including phenoxy) is 2. The first-order valence-electron chi connectivity index (χ1n) is 9.67. The Hall–Kier alpha value is -2.54. The summed E-state index contributed by atoms with van der Waals surface area (Å²) in [6, 6.07) is 5.19. The molecule has 0 unspecified atom stereocenters. The first-order chi connectivity index (χ1) is 13.4. The molecule has 2 aliphatic rings. The molecule has 2 aromatic rings. The van der Waals surface area contributed by atoms with Crippen molar-refractivity contribution in [2.45, 2.75) is 52.6 Å². The van der Waals surface area contributed by atoms with Crippen LogP contribution < -0.4 is 9.64 Å². The molecule has 0 radical (unpaired) electrons. The number of anilines is 1. The zero-order valence-corrected chi connectivity index (χ0v) is 16.6. The molecule has 1 aromatic carbocycles. The fourth-order valence-corrected chi connectivity index (χ4v) is 3.77. The van der Waals surface area contributed by atoms with Crippen molar-refractivity contribution in [2.75, 3.05) is 18.0 Å². The second kappa shape index (κ2) is 7.47. The molecule has 0 spiro atoms. The molecular weight excluding hydrogens is 359 g/mol. The molecule has 3 heterocycles. The molecule has 148 valence electrons. The van der Waals surface area contributed by atoms with Crippen molar-refractivity contribution in [1.29, 1.82) is 0 Å². The molecule has 7 heteroatoms. The van der Waals surface area contributed by atoms with Crippen LogP contribution in [0.5, 0.6) is 5.75 Å². The maximum absolute atomic E-state index is 14.3. The van der Waals surface area contributed by atoms with Crippen LogP contribution in [0.3, 0.4) is 0 Å². The maximum Gasteiger partial charge on any atom is 0.165 e. The Kier molecular flexibility index (Phi) is 5.02. The number of morpholine rings is 1. The largest absolute Gasteiger partial charge is 0.488 e. The Bertz CT molecular complexity index is 905. The fourth-order valence-electron chi connectivity index (χ4n) is 3.77. The number of hydrogen-bond acceptors (Lipinski definition) is 6. The first kappa shape index (κ1) is 18.8. The van der Waals surface area contributed by atoms with Gasteiger partial charge in [0.2, 0.25) is 0 Å². The predicted octanol–water partition coefficient (Wildman–Crippen LogP) is 3.37. The SMILES string of the molecule is CC(C)Oc1cc2c(cc1F)CN=C2c1cc(N2C[C@@H](C)O[C@@H](C)C2)ncn1. The number of nitrogens with zero attached hydrogens (tertiary/aromatic N) is 4. The fraction of sp³-hybridized carbons (Fsp3) is 0.476. The summed E-state index contributed by atoms with van der Waals surface area (Å²) in [5.41, 5.74) is 3.20. The minimum atomic E-state index is -0.358.